The minimum Gasteiger partial charge on any atom is -0.474 e. The van der Waals surface area contributed by atoms with Gasteiger partial charge in [-0.2, -0.15) is 10.5 Å². The molecule has 0 aliphatic carbocycles. The number of hydrogen-bond acceptors (Lipinski definition) is 6. The first kappa shape index (κ1) is 19.5. The molecule has 0 spiro atoms. The fourth-order valence-corrected chi connectivity index (χ4v) is 2.66. The maximum Gasteiger partial charge on any atom is 0.351 e. The number of nitriles is 2. The molecule has 1 unspecified atom stereocenters. The Bertz CT molecular complexity index is 1070. The number of rotatable bonds is 6. The molecular weight excluding hydrogens is 368 g/mol. The molecule has 0 aliphatic heterocycles. The first-order chi connectivity index (χ1) is 14.1. The van der Waals surface area contributed by atoms with E-state index in [4.69, 9.17) is 24.7 Å². The lowest BCUT2D eigenvalue weighted by Crippen LogP contribution is -2.20. The van der Waals surface area contributed by atoms with Gasteiger partial charge in [0.2, 0.25) is 6.10 Å². The fraction of sp³-hybridized carbons (Fsp3) is 0.0870. The van der Waals surface area contributed by atoms with Gasteiger partial charge in [-0.3, -0.25) is 0 Å². The van der Waals surface area contributed by atoms with Crippen molar-refractivity contribution in [3.8, 4) is 29.4 Å². The van der Waals surface area contributed by atoms with Gasteiger partial charge in [0, 0.05) is 11.6 Å². The van der Waals surface area contributed by atoms with Gasteiger partial charge in [-0.15, -0.1) is 0 Å². The summed E-state index contributed by atoms with van der Waals surface area (Å²) in [4.78, 5) is 12.2. The first-order valence-electron chi connectivity index (χ1n) is 8.65. The highest BCUT2D eigenvalue weighted by molar-refractivity contribution is 5.76. The Morgan fingerprint density at radius 1 is 0.828 bits per heavy atom. The van der Waals surface area contributed by atoms with E-state index in [1.165, 1.54) is 25.3 Å². The van der Waals surface area contributed by atoms with Crippen molar-refractivity contribution in [2.45, 2.75) is 6.10 Å². The molecule has 0 saturated heterocycles. The molecule has 142 valence electrons. The van der Waals surface area contributed by atoms with Gasteiger partial charge >= 0.3 is 5.97 Å². The van der Waals surface area contributed by atoms with Gasteiger partial charge < -0.3 is 14.2 Å². The summed E-state index contributed by atoms with van der Waals surface area (Å²) in [5.41, 5.74) is 1.30. The van der Waals surface area contributed by atoms with E-state index in [1.807, 2.05) is 30.3 Å². The number of methoxy groups -OCH3 is 1. The standard InChI is InChI=1S/C23H16N2O4/c1-27-23(26)22(18-6-3-2-4-7-18)29-20-9-5-8-19(13-20)28-21-11-16(14-24)10-17(12-21)15-25/h2-13,22H,1H3. The lowest BCUT2D eigenvalue weighted by atomic mass is 10.1. The van der Waals surface area contributed by atoms with E-state index in [0.717, 1.165) is 0 Å². The average molecular weight is 384 g/mol. The second-order valence-corrected chi connectivity index (χ2v) is 5.98. The van der Waals surface area contributed by atoms with Crippen LogP contribution < -0.4 is 9.47 Å². The van der Waals surface area contributed by atoms with E-state index in [0.29, 0.717) is 33.9 Å². The van der Waals surface area contributed by atoms with Crippen LogP contribution in [0.15, 0.2) is 72.8 Å². The SMILES string of the molecule is COC(=O)C(Oc1cccc(Oc2cc(C#N)cc(C#N)c2)c1)c1ccccc1. The highest BCUT2D eigenvalue weighted by Crippen LogP contribution is 2.29. The third-order valence-electron chi connectivity index (χ3n) is 3.98. The third-order valence-corrected chi connectivity index (χ3v) is 3.98. The van der Waals surface area contributed by atoms with E-state index in [9.17, 15) is 4.79 Å². The molecule has 3 aromatic carbocycles. The van der Waals surface area contributed by atoms with Crippen molar-refractivity contribution in [1.29, 1.82) is 10.5 Å². The van der Waals surface area contributed by atoms with Gasteiger partial charge in [-0.05, 0) is 30.3 Å². The van der Waals surface area contributed by atoms with Crippen LogP contribution in [0, 0.1) is 22.7 Å². The molecule has 1 atom stereocenters. The van der Waals surface area contributed by atoms with Gasteiger partial charge in [0.05, 0.1) is 30.4 Å². The molecule has 0 saturated carbocycles. The van der Waals surface area contributed by atoms with E-state index < -0.39 is 12.1 Å². The number of benzene rings is 3. The molecule has 0 N–H and O–H groups in total. The zero-order chi connectivity index (χ0) is 20.6. The minimum atomic E-state index is -0.927. The predicted octanol–water partition coefficient (Wildman–Crippen LogP) is 4.52. The Morgan fingerprint density at radius 3 is 2.10 bits per heavy atom. The first-order valence-corrected chi connectivity index (χ1v) is 8.65. The summed E-state index contributed by atoms with van der Waals surface area (Å²) in [6, 6.07) is 24.3. The maximum atomic E-state index is 12.2. The number of esters is 1. The van der Waals surface area contributed by atoms with Crippen LogP contribution in [0.2, 0.25) is 0 Å². The second kappa shape index (κ2) is 9.07. The summed E-state index contributed by atoms with van der Waals surface area (Å²) in [5, 5.41) is 18.2. The molecule has 3 aromatic rings. The Balaban J connectivity index is 1.85. The zero-order valence-corrected chi connectivity index (χ0v) is 15.5. The Labute approximate surface area is 168 Å². The zero-order valence-electron chi connectivity index (χ0n) is 15.5. The summed E-state index contributed by atoms with van der Waals surface area (Å²) >= 11 is 0. The summed E-state index contributed by atoms with van der Waals surface area (Å²) < 4.78 is 16.5. The summed E-state index contributed by atoms with van der Waals surface area (Å²) in [6.07, 6.45) is -0.927. The lowest BCUT2D eigenvalue weighted by molar-refractivity contribution is -0.149. The monoisotopic (exact) mass is 384 g/mol. The Hall–Kier alpha value is -4.29. The molecular formula is C23H16N2O4. The van der Waals surface area contributed by atoms with Crippen LogP contribution in [0.1, 0.15) is 22.8 Å². The molecule has 0 aromatic heterocycles. The molecule has 6 heteroatoms. The van der Waals surface area contributed by atoms with Gasteiger partial charge in [0.25, 0.3) is 0 Å². The normalized spacial score (nSPS) is 10.9. The van der Waals surface area contributed by atoms with Crippen molar-refractivity contribution in [3.05, 3.63) is 89.5 Å². The highest BCUT2D eigenvalue weighted by Gasteiger charge is 2.23. The number of hydrogen-bond donors (Lipinski definition) is 0. The minimum absolute atomic E-state index is 0.321. The Morgan fingerprint density at radius 2 is 1.48 bits per heavy atom. The molecule has 0 radical (unpaired) electrons. The van der Waals surface area contributed by atoms with Crippen LogP contribution >= 0.6 is 0 Å². The molecule has 6 nitrogen and oxygen atoms in total. The van der Waals surface area contributed by atoms with Crippen LogP contribution in [-0.4, -0.2) is 13.1 Å². The molecule has 0 fully saturated rings. The quantitative estimate of drug-likeness (QED) is 0.580. The summed E-state index contributed by atoms with van der Waals surface area (Å²) in [7, 11) is 1.30. The topological polar surface area (TPSA) is 92.3 Å². The third kappa shape index (κ3) is 4.91. The highest BCUT2D eigenvalue weighted by atomic mass is 16.6. The second-order valence-electron chi connectivity index (χ2n) is 5.98. The van der Waals surface area contributed by atoms with E-state index in [2.05, 4.69) is 0 Å². The van der Waals surface area contributed by atoms with Gasteiger partial charge in [-0.25, -0.2) is 4.79 Å². The lowest BCUT2D eigenvalue weighted by Gasteiger charge is -2.18. The molecule has 3 rings (SSSR count). The van der Waals surface area contributed by atoms with Crippen LogP contribution in [0.25, 0.3) is 0 Å². The van der Waals surface area contributed by atoms with Crippen LogP contribution in [0.3, 0.4) is 0 Å². The molecule has 0 aliphatic rings. The van der Waals surface area contributed by atoms with Crippen LogP contribution in [0.5, 0.6) is 17.2 Å². The maximum absolute atomic E-state index is 12.2. The van der Waals surface area contributed by atoms with Gasteiger partial charge in [0.1, 0.15) is 17.2 Å². The molecule has 29 heavy (non-hydrogen) atoms. The van der Waals surface area contributed by atoms with Crippen molar-refractivity contribution in [2.24, 2.45) is 0 Å². The largest absolute Gasteiger partial charge is 0.474 e. The number of nitrogens with zero attached hydrogens (tertiary/aromatic N) is 2. The van der Waals surface area contributed by atoms with Crippen molar-refractivity contribution >= 4 is 5.97 Å². The Kier molecular flexibility index (Phi) is 6.09. The molecule has 0 heterocycles. The summed E-state index contributed by atoms with van der Waals surface area (Å²) in [5.74, 6) is 0.657. The van der Waals surface area contributed by atoms with Crippen LogP contribution in [0.4, 0.5) is 0 Å². The van der Waals surface area contributed by atoms with Gasteiger partial charge in [-0.1, -0.05) is 36.4 Å². The number of carbonyl (C=O) groups excluding carboxylic acids is 1. The number of ether oxygens (including phenoxy) is 3. The molecule has 0 bridgehead atoms. The van der Waals surface area contributed by atoms with Crippen molar-refractivity contribution in [3.63, 3.8) is 0 Å². The van der Waals surface area contributed by atoms with E-state index >= 15 is 0 Å². The fourth-order valence-electron chi connectivity index (χ4n) is 2.66. The van der Waals surface area contributed by atoms with Crippen molar-refractivity contribution in [2.75, 3.05) is 7.11 Å². The van der Waals surface area contributed by atoms with Crippen molar-refractivity contribution < 1.29 is 19.0 Å². The van der Waals surface area contributed by atoms with Crippen molar-refractivity contribution in [1.82, 2.24) is 0 Å². The predicted molar refractivity (Wildman–Crippen MR) is 104 cm³/mol. The summed E-state index contributed by atoms with van der Waals surface area (Å²) in [6.45, 7) is 0. The smallest absolute Gasteiger partial charge is 0.351 e. The van der Waals surface area contributed by atoms with Crippen LogP contribution in [-0.2, 0) is 9.53 Å². The number of carbonyl (C=O) groups is 1. The van der Waals surface area contributed by atoms with Gasteiger partial charge in [0.15, 0.2) is 0 Å². The van der Waals surface area contributed by atoms with E-state index in [1.54, 1.807) is 36.4 Å². The average Bonchev–Trinajstić information content (AvgIpc) is 2.77. The van der Waals surface area contributed by atoms with E-state index in [-0.39, 0.29) is 0 Å². The molecule has 0 amide bonds.